The van der Waals surface area contributed by atoms with E-state index in [1.807, 2.05) is 60.7 Å². The number of esters is 1. The van der Waals surface area contributed by atoms with E-state index in [4.69, 9.17) is 24.7 Å². The van der Waals surface area contributed by atoms with E-state index in [1.54, 1.807) is 0 Å². The van der Waals surface area contributed by atoms with E-state index in [0.29, 0.717) is 13.2 Å². The molecule has 2 aromatic rings. The average Bonchev–Trinajstić information content (AvgIpc) is 3.08. The Labute approximate surface area is 165 Å². The second kappa shape index (κ2) is 10.3. The third kappa shape index (κ3) is 5.39. The Bertz CT molecular complexity index is 724. The molecule has 0 bridgehead atoms. The summed E-state index contributed by atoms with van der Waals surface area (Å²) >= 11 is 0. The Balaban J connectivity index is 1.72. The molecule has 2 N–H and O–H groups in total. The Morgan fingerprint density at radius 3 is 1.86 bits per heavy atom. The van der Waals surface area contributed by atoms with Gasteiger partial charge < -0.3 is 24.7 Å². The molecule has 6 heteroatoms. The molecular weight excluding hydrogens is 358 g/mol. The first kappa shape index (κ1) is 20.5. The van der Waals surface area contributed by atoms with Crippen LogP contribution >= 0.6 is 0 Å². The lowest BCUT2D eigenvalue weighted by Gasteiger charge is -2.24. The molecule has 0 amide bonds. The van der Waals surface area contributed by atoms with Gasteiger partial charge in [0.15, 0.2) is 0 Å². The molecule has 0 aromatic heterocycles. The van der Waals surface area contributed by atoms with Gasteiger partial charge >= 0.3 is 5.97 Å². The first-order valence-electron chi connectivity index (χ1n) is 9.44. The maximum Gasteiger partial charge on any atom is 0.308 e. The summed E-state index contributed by atoms with van der Waals surface area (Å²) < 4.78 is 23.1. The zero-order valence-electron chi connectivity index (χ0n) is 16.0. The highest BCUT2D eigenvalue weighted by molar-refractivity contribution is 5.70. The van der Waals surface area contributed by atoms with E-state index in [-0.39, 0.29) is 31.1 Å². The van der Waals surface area contributed by atoms with Crippen molar-refractivity contribution in [3.63, 3.8) is 0 Å². The number of hydrogen-bond acceptors (Lipinski definition) is 6. The molecule has 0 saturated carbocycles. The lowest BCUT2D eigenvalue weighted by molar-refractivity contribution is -0.145. The van der Waals surface area contributed by atoms with Gasteiger partial charge in [0.05, 0.1) is 39.0 Å². The summed E-state index contributed by atoms with van der Waals surface area (Å²) in [7, 11) is 1.36. The molecule has 0 spiro atoms. The molecule has 1 heterocycles. The number of methoxy groups -OCH3 is 1. The monoisotopic (exact) mass is 385 g/mol. The second-order valence-corrected chi connectivity index (χ2v) is 6.75. The largest absolute Gasteiger partial charge is 0.469 e. The van der Waals surface area contributed by atoms with Crippen LogP contribution in [-0.4, -0.2) is 44.0 Å². The minimum absolute atomic E-state index is 0.0949. The fraction of sp³-hybridized carbons (Fsp3) is 0.409. The normalized spacial score (nSPS) is 24.2. The maximum atomic E-state index is 11.8. The number of nitrogens with two attached hydrogens (primary N) is 1. The van der Waals surface area contributed by atoms with E-state index < -0.39 is 12.2 Å². The number of ether oxygens (including phenoxy) is 4. The van der Waals surface area contributed by atoms with Crippen molar-refractivity contribution in [2.24, 2.45) is 5.73 Å². The zero-order valence-corrected chi connectivity index (χ0v) is 16.0. The summed E-state index contributed by atoms with van der Waals surface area (Å²) in [6.45, 7) is 1.10. The quantitative estimate of drug-likeness (QED) is 0.668. The fourth-order valence-electron chi connectivity index (χ4n) is 3.34. The van der Waals surface area contributed by atoms with Crippen molar-refractivity contribution in [1.82, 2.24) is 0 Å². The number of benzene rings is 2. The minimum atomic E-state index is -0.467. The lowest BCUT2D eigenvalue weighted by atomic mass is 10.0. The molecular formula is C22H27NO5. The minimum Gasteiger partial charge on any atom is -0.469 e. The molecule has 4 atom stereocenters. The molecule has 0 aliphatic carbocycles. The smallest absolute Gasteiger partial charge is 0.308 e. The second-order valence-electron chi connectivity index (χ2n) is 6.75. The summed E-state index contributed by atoms with van der Waals surface area (Å²) in [6, 6.07) is 19.8. The van der Waals surface area contributed by atoms with Gasteiger partial charge in [-0.2, -0.15) is 0 Å². The van der Waals surface area contributed by atoms with Gasteiger partial charge in [-0.05, 0) is 11.1 Å². The third-order valence-corrected chi connectivity index (χ3v) is 4.80. The van der Waals surface area contributed by atoms with Crippen LogP contribution in [0.2, 0.25) is 0 Å². The highest BCUT2D eigenvalue weighted by atomic mass is 16.6. The molecule has 0 radical (unpaired) electrons. The van der Waals surface area contributed by atoms with E-state index in [2.05, 4.69) is 0 Å². The van der Waals surface area contributed by atoms with Crippen molar-refractivity contribution in [3.05, 3.63) is 71.8 Å². The van der Waals surface area contributed by atoms with Crippen LogP contribution < -0.4 is 5.73 Å². The van der Waals surface area contributed by atoms with Crippen LogP contribution in [-0.2, 0) is 37.0 Å². The van der Waals surface area contributed by atoms with Crippen molar-refractivity contribution in [2.45, 2.75) is 44.1 Å². The summed E-state index contributed by atoms with van der Waals surface area (Å²) in [6.07, 6.45) is -1.51. The highest BCUT2D eigenvalue weighted by Crippen LogP contribution is 2.30. The topological polar surface area (TPSA) is 80.0 Å². The number of carbonyl (C=O) groups is 1. The van der Waals surface area contributed by atoms with Gasteiger partial charge in [0.25, 0.3) is 0 Å². The number of rotatable bonds is 9. The van der Waals surface area contributed by atoms with E-state index >= 15 is 0 Å². The summed E-state index contributed by atoms with van der Waals surface area (Å²) in [5.41, 5.74) is 8.00. The first-order valence-corrected chi connectivity index (χ1v) is 9.44. The predicted octanol–water partition coefficient (Wildman–Crippen LogP) is 2.45. The summed E-state index contributed by atoms with van der Waals surface area (Å²) in [4.78, 5) is 11.8. The van der Waals surface area contributed by atoms with Gasteiger partial charge in [0, 0.05) is 6.54 Å². The molecule has 2 aromatic carbocycles. The van der Waals surface area contributed by atoms with Gasteiger partial charge in [-0.3, -0.25) is 4.79 Å². The van der Waals surface area contributed by atoms with E-state index in [9.17, 15) is 4.79 Å². The van der Waals surface area contributed by atoms with Crippen LogP contribution in [0.1, 0.15) is 17.5 Å². The summed E-state index contributed by atoms with van der Waals surface area (Å²) in [5, 5.41) is 0. The first-order chi connectivity index (χ1) is 13.7. The van der Waals surface area contributed by atoms with Crippen LogP contribution in [0.5, 0.6) is 0 Å². The lowest BCUT2D eigenvalue weighted by Crippen LogP contribution is -2.40. The van der Waals surface area contributed by atoms with Gasteiger partial charge in [0.1, 0.15) is 12.2 Å². The van der Waals surface area contributed by atoms with Gasteiger partial charge in [-0.25, -0.2) is 0 Å². The van der Waals surface area contributed by atoms with E-state index in [1.165, 1.54) is 7.11 Å². The van der Waals surface area contributed by atoms with Gasteiger partial charge in [-0.1, -0.05) is 60.7 Å². The van der Waals surface area contributed by atoms with Gasteiger partial charge in [-0.15, -0.1) is 0 Å². The summed E-state index contributed by atoms with van der Waals surface area (Å²) in [5.74, 6) is -0.349. The molecule has 1 saturated heterocycles. The van der Waals surface area contributed by atoms with Crippen molar-refractivity contribution in [2.75, 3.05) is 13.7 Å². The molecule has 3 rings (SSSR count). The Morgan fingerprint density at radius 2 is 1.39 bits per heavy atom. The van der Waals surface area contributed by atoms with E-state index in [0.717, 1.165) is 11.1 Å². The Kier molecular flexibility index (Phi) is 7.56. The van der Waals surface area contributed by atoms with Crippen LogP contribution in [0.15, 0.2) is 60.7 Å². The van der Waals surface area contributed by atoms with Crippen LogP contribution in [0.4, 0.5) is 0 Å². The third-order valence-electron chi connectivity index (χ3n) is 4.80. The highest BCUT2D eigenvalue weighted by Gasteiger charge is 2.46. The standard InChI is InChI=1S/C22H27NO5/c1-25-20(24)12-18-21(26-14-16-8-4-2-5-9-16)22(19(13-23)28-18)27-15-17-10-6-3-7-11-17/h2-11,18-19,21-22H,12-15,23H2,1H3/t18-,19+,21-,22-/m0/s1. The predicted molar refractivity (Wildman–Crippen MR) is 104 cm³/mol. The van der Waals surface area contributed by atoms with Crippen LogP contribution in [0, 0.1) is 0 Å². The zero-order chi connectivity index (χ0) is 19.8. The van der Waals surface area contributed by atoms with Crippen LogP contribution in [0.3, 0.4) is 0 Å². The molecule has 28 heavy (non-hydrogen) atoms. The molecule has 1 aliphatic heterocycles. The molecule has 150 valence electrons. The Morgan fingerprint density at radius 1 is 0.893 bits per heavy atom. The fourth-order valence-corrected chi connectivity index (χ4v) is 3.34. The van der Waals surface area contributed by atoms with Gasteiger partial charge in [0.2, 0.25) is 0 Å². The number of hydrogen-bond donors (Lipinski definition) is 1. The maximum absolute atomic E-state index is 11.8. The van der Waals surface area contributed by atoms with Crippen molar-refractivity contribution in [3.8, 4) is 0 Å². The number of carbonyl (C=O) groups excluding carboxylic acids is 1. The molecule has 6 nitrogen and oxygen atoms in total. The van der Waals surface area contributed by atoms with Crippen LogP contribution in [0.25, 0.3) is 0 Å². The molecule has 1 fully saturated rings. The molecule has 0 unspecified atom stereocenters. The van der Waals surface area contributed by atoms with Crippen molar-refractivity contribution in [1.29, 1.82) is 0 Å². The van der Waals surface area contributed by atoms with Crippen molar-refractivity contribution >= 4 is 5.97 Å². The SMILES string of the molecule is COC(=O)C[C@@H]1O[C@H](CN)[C@H](OCc2ccccc2)[C@H]1OCc1ccccc1. The molecule has 1 aliphatic rings. The Hall–Kier alpha value is -2.25. The average molecular weight is 385 g/mol. The van der Waals surface area contributed by atoms with Crippen molar-refractivity contribution < 1.29 is 23.7 Å².